The Balaban J connectivity index is 2.10. The van der Waals surface area contributed by atoms with Crippen molar-refractivity contribution in [3.05, 3.63) is 54.1 Å². The average Bonchev–Trinajstić information content (AvgIpc) is 2.91. The number of rotatable bonds is 3. The van der Waals surface area contributed by atoms with Gasteiger partial charge in [-0.25, -0.2) is 9.78 Å². The highest BCUT2D eigenvalue weighted by Gasteiger charge is 2.13. The smallest absolute Gasteiger partial charge is 0.327 e. The van der Waals surface area contributed by atoms with Crippen molar-refractivity contribution in [3.8, 4) is 0 Å². The normalized spacial score (nSPS) is 12.1. The summed E-state index contributed by atoms with van der Waals surface area (Å²) in [6.07, 6.45) is 5.57. The minimum atomic E-state index is -0.153. The molecule has 1 heterocycles. The molecule has 0 radical (unpaired) electrons. The van der Waals surface area contributed by atoms with Crippen molar-refractivity contribution in [2.75, 3.05) is 0 Å². The van der Waals surface area contributed by atoms with Gasteiger partial charge in [-0.15, -0.1) is 0 Å². The third kappa shape index (κ3) is 2.77. The molecule has 1 unspecified atom stereocenters. The molecule has 0 aliphatic rings. The van der Waals surface area contributed by atoms with E-state index in [4.69, 9.17) is 0 Å². The fourth-order valence-electron chi connectivity index (χ4n) is 1.82. The van der Waals surface area contributed by atoms with Gasteiger partial charge >= 0.3 is 6.03 Å². The van der Waals surface area contributed by atoms with Crippen LogP contribution < -0.4 is 5.32 Å². The molecule has 0 saturated heterocycles. The van der Waals surface area contributed by atoms with Crippen LogP contribution in [0.15, 0.2) is 43.0 Å². The van der Waals surface area contributed by atoms with Crippen LogP contribution in [0.3, 0.4) is 0 Å². The number of carbonyl (C=O) groups excluding carboxylic acids is 1. The fraction of sp³-hybridized carbons (Fsp3) is 0.286. The number of hydrogen-bond acceptors (Lipinski definition) is 2. The number of amides is 1. The lowest BCUT2D eigenvalue weighted by Crippen LogP contribution is -2.31. The van der Waals surface area contributed by atoms with Gasteiger partial charge in [-0.3, -0.25) is 4.57 Å². The molecule has 1 amide bonds. The molecule has 1 atom stereocenters. The number of benzene rings is 1. The van der Waals surface area contributed by atoms with Crippen LogP contribution in [0.25, 0.3) is 0 Å². The van der Waals surface area contributed by atoms with Gasteiger partial charge in [0.1, 0.15) is 6.33 Å². The summed E-state index contributed by atoms with van der Waals surface area (Å²) in [6.45, 7) is 4.10. The first-order chi connectivity index (χ1) is 8.70. The second-order valence-corrected chi connectivity index (χ2v) is 4.29. The molecule has 94 valence electrons. The topological polar surface area (TPSA) is 46.9 Å². The van der Waals surface area contributed by atoms with Crippen LogP contribution in [0.1, 0.15) is 30.5 Å². The maximum Gasteiger partial charge on any atom is 0.327 e. The third-order valence-electron chi connectivity index (χ3n) is 2.92. The number of imidazole rings is 1. The van der Waals surface area contributed by atoms with E-state index in [0.717, 1.165) is 12.0 Å². The van der Waals surface area contributed by atoms with E-state index < -0.39 is 0 Å². The molecule has 4 nitrogen and oxygen atoms in total. The summed E-state index contributed by atoms with van der Waals surface area (Å²) in [7, 11) is 0. The summed E-state index contributed by atoms with van der Waals surface area (Å²) in [4.78, 5) is 15.8. The lowest BCUT2D eigenvalue weighted by Gasteiger charge is -2.17. The predicted molar refractivity (Wildman–Crippen MR) is 70.4 cm³/mol. The summed E-state index contributed by atoms with van der Waals surface area (Å²) in [5.74, 6) is 0. The van der Waals surface area contributed by atoms with E-state index in [1.54, 1.807) is 12.4 Å². The van der Waals surface area contributed by atoms with E-state index in [-0.39, 0.29) is 12.1 Å². The van der Waals surface area contributed by atoms with Gasteiger partial charge in [0.2, 0.25) is 0 Å². The van der Waals surface area contributed by atoms with Crippen LogP contribution in [-0.2, 0) is 0 Å². The van der Waals surface area contributed by atoms with Gasteiger partial charge in [0, 0.05) is 12.4 Å². The third-order valence-corrected chi connectivity index (χ3v) is 2.92. The maximum absolute atomic E-state index is 11.9. The second kappa shape index (κ2) is 5.49. The Bertz CT molecular complexity index is 502. The molecule has 0 saturated carbocycles. The number of nitrogens with one attached hydrogen (secondary N) is 1. The molecule has 2 rings (SSSR count). The van der Waals surface area contributed by atoms with Crippen LogP contribution in [0.5, 0.6) is 0 Å². The van der Waals surface area contributed by atoms with Crippen molar-refractivity contribution in [1.29, 1.82) is 0 Å². The summed E-state index contributed by atoms with van der Waals surface area (Å²) in [6, 6.07) is 8.10. The molecule has 4 heteroatoms. The zero-order valence-electron chi connectivity index (χ0n) is 10.6. The highest BCUT2D eigenvalue weighted by molar-refractivity contribution is 5.76. The SMILES string of the molecule is CCC(NC(=O)n1ccnc1)c1ccc(C)cc1. The number of aromatic nitrogens is 2. The van der Waals surface area contributed by atoms with Crippen molar-refractivity contribution in [2.24, 2.45) is 0 Å². The van der Waals surface area contributed by atoms with Gasteiger partial charge in [-0.05, 0) is 18.9 Å². The standard InChI is InChI=1S/C14H17N3O/c1-3-13(12-6-4-11(2)5-7-12)16-14(18)17-9-8-15-10-17/h4-10,13H,3H2,1-2H3,(H,16,18). The Morgan fingerprint density at radius 2 is 2.11 bits per heavy atom. The molecule has 1 aromatic heterocycles. The molecule has 0 spiro atoms. The van der Waals surface area contributed by atoms with Crippen molar-refractivity contribution in [1.82, 2.24) is 14.9 Å². The quantitative estimate of drug-likeness (QED) is 0.901. The van der Waals surface area contributed by atoms with E-state index in [0.29, 0.717) is 0 Å². The Hall–Kier alpha value is -2.10. The Morgan fingerprint density at radius 3 is 2.67 bits per heavy atom. The molecule has 18 heavy (non-hydrogen) atoms. The Morgan fingerprint density at radius 1 is 1.39 bits per heavy atom. The van der Waals surface area contributed by atoms with E-state index in [1.165, 1.54) is 16.5 Å². The van der Waals surface area contributed by atoms with Crippen LogP contribution in [0.4, 0.5) is 4.79 Å². The van der Waals surface area contributed by atoms with Crippen LogP contribution >= 0.6 is 0 Å². The van der Waals surface area contributed by atoms with Gasteiger partial charge in [-0.1, -0.05) is 36.8 Å². The zero-order valence-corrected chi connectivity index (χ0v) is 10.6. The molecule has 1 N–H and O–H groups in total. The number of hydrogen-bond donors (Lipinski definition) is 1. The molecule has 1 aromatic carbocycles. The second-order valence-electron chi connectivity index (χ2n) is 4.29. The zero-order chi connectivity index (χ0) is 13.0. The number of nitrogens with zero attached hydrogens (tertiary/aromatic N) is 2. The summed E-state index contributed by atoms with van der Waals surface area (Å²) >= 11 is 0. The highest BCUT2D eigenvalue weighted by atomic mass is 16.2. The summed E-state index contributed by atoms with van der Waals surface area (Å²) < 4.78 is 1.44. The molecule has 0 bridgehead atoms. The number of carbonyl (C=O) groups is 1. The van der Waals surface area contributed by atoms with Gasteiger partial charge in [0.15, 0.2) is 0 Å². The van der Waals surface area contributed by atoms with Gasteiger partial charge in [0.25, 0.3) is 0 Å². The van der Waals surface area contributed by atoms with Crippen molar-refractivity contribution in [3.63, 3.8) is 0 Å². The summed E-state index contributed by atoms with van der Waals surface area (Å²) in [5, 5.41) is 2.99. The highest BCUT2D eigenvalue weighted by Crippen LogP contribution is 2.17. The average molecular weight is 243 g/mol. The fourth-order valence-corrected chi connectivity index (χ4v) is 1.82. The molecular formula is C14H17N3O. The lowest BCUT2D eigenvalue weighted by molar-refractivity contribution is 0.238. The molecular weight excluding hydrogens is 226 g/mol. The molecule has 0 aliphatic carbocycles. The minimum absolute atomic E-state index is 0.0282. The molecule has 2 aromatic rings. The maximum atomic E-state index is 11.9. The first-order valence-electron chi connectivity index (χ1n) is 6.06. The number of aryl methyl sites for hydroxylation is 1. The largest absolute Gasteiger partial charge is 0.331 e. The van der Waals surface area contributed by atoms with Crippen molar-refractivity contribution < 1.29 is 4.79 Å². The summed E-state index contributed by atoms with van der Waals surface area (Å²) in [5.41, 5.74) is 2.34. The van der Waals surface area contributed by atoms with Crippen molar-refractivity contribution in [2.45, 2.75) is 26.3 Å². The van der Waals surface area contributed by atoms with E-state index in [2.05, 4.69) is 48.4 Å². The van der Waals surface area contributed by atoms with Crippen molar-refractivity contribution >= 4 is 6.03 Å². The Labute approximate surface area is 107 Å². The van der Waals surface area contributed by atoms with Crippen LogP contribution in [0.2, 0.25) is 0 Å². The first kappa shape index (κ1) is 12.4. The van der Waals surface area contributed by atoms with Gasteiger partial charge < -0.3 is 5.32 Å². The molecule has 0 aliphatic heterocycles. The minimum Gasteiger partial charge on any atom is -0.331 e. The predicted octanol–water partition coefficient (Wildman–Crippen LogP) is 2.90. The van der Waals surface area contributed by atoms with E-state index in [1.807, 2.05) is 0 Å². The van der Waals surface area contributed by atoms with Gasteiger partial charge in [-0.2, -0.15) is 0 Å². The monoisotopic (exact) mass is 243 g/mol. The van der Waals surface area contributed by atoms with E-state index in [9.17, 15) is 4.79 Å². The van der Waals surface area contributed by atoms with Crippen LogP contribution in [-0.4, -0.2) is 15.6 Å². The van der Waals surface area contributed by atoms with E-state index >= 15 is 0 Å². The Kier molecular flexibility index (Phi) is 3.77. The van der Waals surface area contributed by atoms with Gasteiger partial charge in [0.05, 0.1) is 6.04 Å². The molecule has 0 fully saturated rings. The van der Waals surface area contributed by atoms with Crippen LogP contribution in [0, 0.1) is 6.92 Å². The first-order valence-corrected chi connectivity index (χ1v) is 6.06. The lowest BCUT2D eigenvalue weighted by atomic mass is 10.0.